The summed E-state index contributed by atoms with van der Waals surface area (Å²) < 4.78 is 48.5. The Balaban J connectivity index is 1.82. The van der Waals surface area contributed by atoms with Crippen molar-refractivity contribution >= 4 is 11.8 Å². The minimum absolute atomic E-state index is 0.00720. The fourth-order valence-electron chi connectivity index (χ4n) is 4.03. The molecule has 2 aliphatic heterocycles. The Bertz CT molecular complexity index is 910. The first-order chi connectivity index (χ1) is 13.9. The summed E-state index contributed by atoms with van der Waals surface area (Å²) in [7, 11) is 0. The molecule has 0 bridgehead atoms. The van der Waals surface area contributed by atoms with Gasteiger partial charge in [0.15, 0.2) is 0 Å². The van der Waals surface area contributed by atoms with Crippen molar-refractivity contribution in [2.45, 2.75) is 38.1 Å². The van der Waals surface area contributed by atoms with Gasteiger partial charge in [0.05, 0.1) is 19.3 Å². The minimum atomic E-state index is -4.43. The number of hydrogen-bond donors (Lipinski definition) is 0. The lowest BCUT2D eigenvalue weighted by atomic mass is 10.0. The molecule has 0 radical (unpaired) electrons. The van der Waals surface area contributed by atoms with Crippen LogP contribution in [0.5, 0.6) is 0 Å². The summed E-state index contributed by atoms with van der Waals surface area (Å²) in [5, 5.41) is 0. The van der Waals surface area contributed by atoms with Gasteiger partial charge in [-0.05, 0) is 18.9 Å². The SMILES string of the molecule is C[C@H](c1ccccc1)N1c2nc(N3CCOCC3)cc(=O)n2CC[C@H]1C(F)(F)F. The van der Waals surface area contributed by atoms with E-state index in [1.54, 1.807) is 31.2 Å². The Morgan fingerprint density at radius 2 is 1.83 bits per heavy atom. The topological polar surface area (TPSA) is 50.6 Å². The summed E-state index contributed by atoms with van der Waals surface area (Å²) in [5.74, 6) is 0.474. The van der Waals surface area contributed by atoms with Crippen molar-refractivity contribution in [1.82, 2.24) is 9.55 Å². The van der Waals surface area contributed by atoms with Gasteiger partial charge < -0.3 is 14.5 Å². The molecule has 0 N–H and O–H groups in total. The van der Waals surface area contributed by atoms with E-state index in [0.29, 0.717) is 32.1 Å². The number of morpholine rings is 1. The Hall–Kier alpha value is -2.55. The maximum absolute atomic E-state index is 13.9. The highest BCUT2D eigenvalue weighted by molar-refractivity contribution is 5.48. The van der Waals surface area contributed by atoms with E-state index in [4.69, 9.17) is 4.74 Å². The molecule has 3 heterocycles. The second kappa shape index (κ2) is 7.70. The number of ether oxygens (including phenoxy) is 1. The standard InChI is InChI=1S/C20H23F3N4O2/c1-14(15-5-3-2-4-6-15)27-16(20(21,22)23)7-8-26-18(28)13-17(24-19(26)27)25-9-11-29-12-10-25/h2-6,13-14,16H,7-12H2,1H3/t14-,16+/m1/s1. The van der Waals surface area contributed by atoms with Crippen molar-refractivity contribution in [3.63, 3.8) is 0 Å². The van der Waals surface area contributed by atoms with Crippen LogP contribution in [0.3, 0.4) is 0 Å². The molecule has 1 fully saturated rings. The summed E-state index contributed by atoms with van der Waals surface area (Å²) in [6.45, 7) is 3.80. The lowest BCUT2D eigenvalue weighted by molar-refractivity contribution is -0.154. The first kappa shape index (κ1) is 19.8. The molecular weight excluding hydrogens is 385 g/mol. The third-order valence-electron chi connectivity index (χ3n) is 5.58. The number of halogens is 3. The normalized spacial score (nSPS) is 21.0. The van der Waals surface area contributed by atoms with Gasteiger partial charge in [-0.2, -0.15) is 18.2 Å². The number of rotatable bonds is 3. The maximum Gasteiger partial charge on any atom is 0.408 e. The molecule has 0 spiro atoms. The van der Waals surface area contributed by atoms with E-state index >= 15 is 0 Å². The van der Waals surface area contributed by atoms with Gasteiger partial charge in [-0.15, -0.1) is 0 Å². The van der Waals surface area contributed by atoms with Gasteiger partial charge in [-0.25, -0.2) is 0 Å². The van der Waals surface area contributed by atoms with Crippen molar-refractivity contribution in [3.05, 3.63) is 52.3 Å². The van der Waals surface area contributed by atoms with Crippen LogP contribution < -0.4 is 15.4 Å². The van der Waals surface area contributed by atoms with Gasteiger partial charge in [-0.1, -0.05) is 30.3 Å². The molecule has 2 aromatic rings. The minimum Gasteiger partial charge on any atom is -0.378 e. The highest BCUT2D eigenvalue weighted by Gasteiger charge is 2.48. The van der Waals surface area contributed by atoms with Crippen molar-refractivity contribution in [3.8, 4) is 0 Å². The number of nitrogens with zero attached hydrogens (tertiary/aromatic N) is 4. The van der Waals surface area contributed by atoms with Crippen LogP contribution in [-0.2, 0) is 11.3 Å². The van der Waals surface area contributed by atoms with E-state index in [2.05, 4.69) is 4.98 Å². The van der Waals surface area contributed by atoms with E-state index in [9.17, 15) is 18.0 Å². The molecule has 0 unspecified atom stereocenters. The molecule has 0 aliphatic carbocycles. The number of benzene rings is 1. The van der Waals surface area contributed by atoms with E-state index < -0.39 is 18.3 Å². The third-order valence-corrected chi connectivity index (χ3v) is 5.58. The van der Waals surface area contributed by atoms with Gasteiger partial charge >= 0.3 is 6.18 Å². The second-order valence-corrected chi connectivity index (χ2v) is 7.34. The molecule has 4 rings (SSSR count). The van der Waals surface area contributed by atoms with Gasteiger partial charge in [0.2, 0.25) is 5.95 Å². The van der Waals surface area contributed by atoms with Crippen molar-refractivity contribution < 1.29 is 17.9 Å². The number of anilines is 2. The Labute approximate surface area is 166 Å². The van der Waals surface area contributed by atoms with Crippen LogP contribution >= 0.6 is 0 Å². The van der Waals surface area contributed by atoms with Crippen LogP contribution in [0.2, 0.25) is 0 Å². The fourth-order valence-corrected chi connectivity index (χ4v) is 4.03. The number of fused-ring (bicyclic) bond motifs is 1. The van der Waals surface area contributed by atoms with Crippen LogP contribution in [0.25, 0.3) is 0 Å². The van der Waals surface area contributed by atoms with E-state index in [1.165, 1.54) is 15.5 Å². The molecule has 156 valence electrons. The van der Waals surface area contributed by atoms with Crippen LogP contribution in [0.1, 0.15) is 24.9 Å². The van der Waals surface area contributed by atoms with Crippen LogP contribution in [-0.4, -0.2) is 48.1 Å². The predicted octanol–water partition coefficient (Wildman–Crippen LogP) is 2.98. The molecule has 1 aromatic heterocycles. The predicted molar refractivity (Wildman–Crippen MR) is 103 cm³/mol. The Morgan fingerprint density at radius 1 is 1.14 bits per heavy atom. The lowest BCUT2D eigenvalue weighted by Gasteiger charge is -2.43. The third kappa shape index (κ3) is 3.83. The molecule has 1 saturated heterocycles. The van der Waals surface area contributed by atoms with Crippen molar-refractivity contribution in [1.29, 1.82) is 0 Å². The molecule has 0 saturated carbocycles. The molecule has 2 atom stereocenters. The Morgan fingerprint density at radius 3 is 2.48 bits per heavy atom. The zero-order valence-electron chi connectivity index (χ0n) is 16.1. The first-order valence-electron chi connectivity index (χ1n) is 9.71. The number of aromatic nitrogens is 2. The van der Waals surface area contributed by atoms with E-state index in [1.807, 2.05) is 11.0 Å². The summed E-state index contributed by atoms with van der Waals surface area (Å²) in [6, 6.07) is 8.11. The smallest absolute Gasteiger partial charge is 0.378 e. The second-order valence-electron chi connectivity index (χ2n) is 7.34. The molecular formula is C20H23F3N4O2. The van der Waals surface area contributed by atoms with Crippen molar-refractivity contribution in [2.75, 3.05) is 36.1 Å². The summed E-state index contributed by atoms with van der Waals surface area (Å²) in [6.07, 6.45) is -4.62. The quantitative estimate of drug-likeness (QED) is 0.782. The van der Waals surface area contributed by atoms with Gasteiger partial charge in [0.1, 0.15) is 11.9 Å². The van der Waals surface area contributed by atoms with Crippen LogP contribution in [0.4, 0.5) is 24.9 Å². The van der Waals surface area contributed by atoms with Gasteiger partial charge in [0, 0.05) is 25.7 Å². The zero-order chi connectivity index (χ0) is 20.6. The average Bonchev–Trinajstić information content (AvgIpc) is 2.73. The molecule has 2 aliphatic rings. The van der Waals surface area contributed by atoms with Crippen LogP contribution in [0, 0.1) is 0 Å². The van der Waals surface area contributed by atoms with E-state index in [-0.39, 0.29) is 24.5 Å². The van der Waals surface area contributed by atoms with Crippen molar-refractivity contribution in [2.24, 2.45) is 0 Å². The molecule has 9 heteroatoms. The highest BCUT2D eigenvalue weighted by Crippen LogP contribution is 2.39. The summed E-state index contributed by atoms with van der Waals surface area (Å²) >= 11 is 0. The zero-order valence-corrected chi connectivity index (χ0v) is 16.1. The molecule has 1 aromatic carbocycles. The first-order valence-corrected chi connectivity index (χ1v) is 9.71. The van der Waals surface area contributed by atoms with Crippen LogP contribution in [0.15, 0.2) is 41.2 Å². The highest BCUT2D eigenvalue weighted by atomic mass is 19.4. The summed E-state index contributed by atoms with van der Waals surface area (Å²) in [4.78, 5) is 20.4. The largest absolute Gasteiger partial charge is 0.408 e. The Kier molecular flexibility index (Phi) is 5.24. The number of alkyl halides is 3. The van der Waals surface area contributed by atoms with E-state index in [0.717, 1.165) is 5.56 Å². The molecule has 0 amide bonds. The maximum atomic E-state index is 13.9. The number of hydrogen-bond acceptors (Lipinski definition) is 5. The fraction of sp³-hybridized carbons (Fsp3) is 0.500. The van der Waals surface area contributed by atoms with Gasteiger partial charge in [0.25, 0.3) is 5.56 Å². The summed E-state index contributed by atoms with van der Waals surface area (Å²) in [5.41, 5.74) is 0.406. The monoisotopic (exact) mass is 408 g/mol. The molecule has 6 nitrogen and oxygen atoms in total. The lowest BCUT2D eigenvalue weighted by Crippen LogP contribution is -2.53. The molecule has 29 heavy (non-hydrogen) atoms. The average molecular weight is 408 g/mol. The van der Waals surface area contributed by atoms with Gasteiger partial charge in [-0.3, -0.25) is 9.36 Å².